The Balaban J connectivity index is 1.98. The summed E-state index contributed by atoms with van der Waals surface area (Å²) in [6.07, 6.45) is 1.62. The third kappa shape index (κ3) is 3.08. The second-order valence-corrected chi connectivity index (χ2v) is 4.68. The maximum atomic E-state index is 8.92. The first kappa shape index (κ1) is 13.0. The average molecular weight is 251 g/mol. The summed E-state index contributed by atoms with van der Waals surface area (Å²) < 4.78 is 0. The van der Waals surface area contributed by atoms with Gasteiger partial charge in [-0.1, -0.05) is 0 Å². The zero-order valence-corrected chi connectivity index (χ0v) is 11.1. The molecule has 2 rings (SSSR count). The highest BCUT2D eigenvalue weighted by Gasteiger charge is 2.17. The lowest BCUT2D eigenvalue weighted by Gasteiger charge is -2.35. The van der Waals surface area contributed by atoms with Crippen LogP contribution in [0.1, 0.15) is 0 Å². The average Bonchev–Trinajstić information content (AvgIpc) is 2.40. The second kappa shape index (κ2) is 5.97. The van der Waals surface area contributed by atoms with Crippen molar-refractivity contribution in [2.24, 2.45) is 0 Å². The van der Waals surface area contributed by atoms with E-state index in [1.807, 2.05) is 25.1 Å². The molecule has 1 aliphatic rings. The highest BCUT2D eigenvalue weighted by atomic mass is 16.3. The Labute approximate surface area is 108 Å². The number of anilines is 2. The molecule has 2 heterocycles. The van der Waals surface area contributed by atoms with Gasteiger partial charge in [-0.2, -0.15) is 0 Å². The lowest BCUT2D eigenvalue weighted by atomic mass is 10.3. The van der Waals surface area contributed by atoms with Crippen molar-refractivity contribution in [1.82, 2.24) is 14.9 Å². The molecule has 18 heavy (non-hydrogen) atoms. The fraction of sp³-hybridized carbons (Fsp3) is 0.667. The molecule has 0 spiro atoms. The van der Waals surface area contributed by atoms with E-state index < -0.39 is 0 Å². The third-order valence-corrected chi connectivity index (χ3v) is 3.21. The van der Waals surface area contributed by atoms with Crippen LogP contribution < -0.4 is 9.80 Å². The number of hydrogen-bond acceptors (Lipinski definition) is 6. The van der Waals surface area contributed by atoms with Crippen molar-refractivity contribution in [3.63, 3.8) is 0 Å². The van der Waals surface area contributed by atoms with E-state index in [0.717, 1.165) is 44.4 Å². The smallest absolute Gasteiger partial charge is 0.134 e. The van der Waals surface area contributed by atoms with Crippen molar-refractivity contribution < 1.29 is 5.11 Å². The van der Waals surface area contributed by atoms with Gasteiger partial charge in [0.05, 0.1) is 6.61 Å². The van der Waals surface area contributed by atoms with E-state index in [9.17, 15) is 0 Å². The highest BCUT2D eigenvalue weighted by molar-refractivity contribution is 5.49. The highest BCUT2D eigenvalue weighted by Crippen LogP contribution is 2.17. The summed E-state index contributed by atoms with van der Waals surface area (Å²) in [5, 5.41) is 8.92. The van der Waals surface area contributed by atoms with Gasteiger partial charge < -0.3 is 14.9 Å². The number of piperazine rings is 1. The van der Waals surface area contributed by atoms with E-state index in [-0.39, 0.29) is 6.61 Å². The van der Waals surface area contributed by atoms with E-state index in [1.165, 1.54) is 0 Å². The quantitative estimate of drug-likeness (QED) is 0.790. The molecular formula is C12H21N5O. The molecule has 1 N–H and O–H groups in total. The molecule has 1 aromatic heterocycles. The molecule has 100 valence electrons. The van der Waals surface area contributed by atoms with Crippen LogP contribution in [-0.2, 0) is 0 Å². The minimum absolute atomic E-state index is 0.234. The second-order valence-electron chi connectivity index (χ2n) is 4.68. The monoisotopic (exact) mass is 251 g/mol. The summed E-state index contributed by atoms with van der Waals surface area (Å²) in [4.78, 5) is 15.1. The molecule has 1 saturated heterocycles. The van der Waals surface area contributed by atoms with E-state index >= 15 is 0 Å². The summed E-state index contributed by atoms with van der Waals surface area (Å²) in [6, 6.07) is 2.02. The Kier molecular flexibility index (Phi) is 4.33. The molecule has 1 aromatic rings. The lowest BCUT2D eigenvalue weighted by Crippen LogP contribution is -2.47. The van der Waals surface area contributed by atoms with Gasteiger partial charge in [-0.25, -0.2) is 9.97 Å². The molecule has 1 fully saturated rings. The van der Waals surface area contributed by atoms with Crippen LogP contribution in [0.5, 0.6) is 0 Å². The lowest BCUT2D eigenvalue weighted by molar-refractivity contribution is 0.188. The van der Waals surface area contributed by atoms with E-state index in [4.69, 9.17) is 5.11 Å². The maximum Gasteiger partial charge on any atom is 0.134 e. The molecule has 6 nitrogen and oxygen atoms in total. The first-order chi connectivity index (χ1) is 8.70. The predicted octanol–water partition coefficient (Wildman–Crippen LogP) is -0.343. The summed E-state index contributed by atoms with van der Waals surface area (Å²) >= 11 is 0. The number of aliphatic hydroxyl groups excluding tert-OH is 1. The van der Waals surface area contributed by atoms with Crippen molar-refractivity contribution in [3.8, 4) is 0 Å². The van der Waals surface area contributed by atoms with E-state index in [2.05, 4.69) is 19.8 Å². The van der Waals surface area contributed by atoms with Crippen molar-refractivity contribution in [1.29, 1.82) is 0 Å². The van der Waals surface area contributed by atoms with E-state index in [0.29, 0.717) is 0 Å². The van der Waals surface area contributed by atoms with Gasteiger partial charge >= 0.3 is 0 Å². The molecular weight excluding hydrogens is 230 g/mol. The standard InChI is InChI=1S/C12H21N5O/c1-15(2)11-9-12(14-10-13-11)17-5-3-16(4-6-17)7-8-18/h9-10,18H,3-8H2,1-2H3. The topological polar surface area (TPSA) is 55.7 Å². The number of rotatable bonds is 4. The van der Waals surface area contributed by atoms with Crippen molar-refractivity contribution >= 4 is 11.6 Å². The van der Waals surface area contributed by atoms with Crippen molar-refractivity contribution in [2.45, 2.75) is 0 Å². The third-order valence-electron chi connectivity index (χ3n) is 3.21. The van der Waals surface area contributed by atoms with Crippen LogP contribution in [0.15, 0.2) is 12.4 Å². The molecule has 0 unspecified atom stereocenters. The fourth-order valence-electron chi connectivity index (χ4n) is 2.10. The molecule has 1 aliphatic heterocycles. The Morgan fingerprint density at radius 1 is 1.22 bits per heavy atom. The first-order valence-electron chi connectivity index (χ1n) is 6.28. The number of aliphatic hydroxyl groups is 1. The number of nitrogens with zero attached hydrogens (tertiary/aromatic N) is 5. The summed E-state index contributed by atoms with van der Waals surface area (Å²) in [6.45, 7) is 4.84. The van der Waals surface area contributed by atoms with Gasteiger partial charge in [0, 0.05) is 52.9 Å². The minimum Gasteiger partial charge on any atom is -0.395 e. The summed E-state index contributed by atoms with van der Waals surface area (Å²) in [5.41, 5.74) is 0. The molecule has 0 radical (unpaired) electrons. The van der Waals surface area contributed by atoms with E-state index in [1.54, 1.807) is 6.33 Å². The van der Waals surface area contributed by atoms with Crippen LogP contribution >= 0.6 is 0 Å². The van der Waals surface area contributed by atoms with Crippen molar-refractivity contribution in [3.05, 3.63) is 12.4 Å². The van der Waals surface area contributed by atoms with Crippen LogP contribution in [0.25, 0.3) is 0 Å². The molecule has 6 heteroatoms. The van der Waals surface area contributed by atoms with Crippen LogP contribution in [0.3, 0.4) is 0 Å². The minimum atomic E-state index is 0.234. The molecule has 0 aromatic carbocycles. The van der Waals surface area contributed by atoms with Crippen LogP contribution in [0.4, 0.5) is 11.6 Å². The van der Waals surface area contributed by atoms with Crippen LogP contribution in [0, 0.1) is 0 Å². The number of hydrogen-bond donors (Lipinski definition) is 1. The number of aromatic nitrogens is 2. The van der Waals surface area contributed by atoms with Crippen LogP contribution in [0.2, 0.25) is 0 Å². The fourth-order valence-corrected chi connectivity index (χ4v) is 2.10. The molecule has 0 aliphatic carbocycles. The predicted molar refractivity (Wildman–Crippen MR) is 72.1 cm³/mol. The first-order valence-corrected chi connectivity index (χ1v) is 6.28. The zero-order valence-electron chi connectivity index (χ0n) is 11.1. The van der Waals surface area contributed by atoms with Crippen molar-refractivity contribution in [2.75, 3.05) is 63.2 Å². The summed E-state index contributed by atoms with van der Waals surface area (Å²) in [5.74, 6) is 1.91. The van der Waals surface area contributed by atoms with Gasteiger partial charge in [0.2, 0.25) is 0 Å². The summed E-state index contributed by atoms with van der Waals surface area (Å²) in [7, 11) is 3.95. The SMILES string of the molecule is CN(C)c1cc(N2CCN(CCO)CC2)ncn1. The normalized spacial score (nSPS) is 16.9. The maximum absolute atomic E-state index is 8.92. The van der Waals surface area contributed by atoms with Gasteiger partial charge in [0.25, 0.3) is 0 Å². The van der Waals surface area contributed by atoms with Crippen LogP contribution in [-0.4, -0.2) is 73.4 Å². The van der Waals surface area contributed by atoms with Gasteiger partial charge in [0.15, 0.2) is 0 Å². The zero-order chi connectivity index (χ0) is 13.0. The Bertz CT molecular complexity index is 376. The number of β-amino-alcohol motifs (C(OH)–C–C–N with tert-alkyl or cyclic N) is 1. The Hall–Kier alpha value is -1.40. The molecule has 0 saturated carbocycles. The molecule has 0 bridgehead atoms. The largest absolute Gasteiger partial charge is 0.395 e. The molecule has 0 amide bonds. The Morgan fingerprint density at radius 3 is 2.56 bits per heavy atom. The molecule has 0 atom stereocenters. The van der Waals surface area contributed by atoms with Gasteiger partial charge in [-0.3, -0.25) is 4.90 Å². The van der Waals surface area contributed by atoms with Gasteiger partial charge in [-0.15, -0.1) is 0 Å². The van der Waals surface area contributed by atoms with Gasteiger partial charge in [0.1, 0.15) is 18.0 Å². The Morgan fingerprint density at radius 2 is 1.94 bits per heavy atom. The van der Waals surface area contributed by atoms with Gasteiger partial charge in [-0.05, 0) is 0 Å².